The average molecular weight is 328 g/mol. The van der Waals surface area contributed by atoms with Crippen LogP contribution in [0.5, 0.6) is 5.75 Å². The van der Waals surface area contributed by atoms with Gasteiger partial charge in [-0.15, -0.1) is 0 Å². The molecule has 0 saturated heterocycles. The van der Waals surface area contributed by atoms with Crippen LogP contribution in [0.4, 0.5) is 11.4 Å². The third-order valence-electron chi connectivity index (χ3n) is 3.77. The lowest BCUT2D eigenvalue weighted by Gasteiger charge is -2.11. The molecule has 1 amide bonds. The molecule has 0 aliphatic heterocycles. The molecule has 2 rings (SSSR count). The first-order valence-electron chi connectivity index (χ1n) is 7.76. The number of nitro benzene ring substituents is 1. The Morgan fingerprint density at radius 1 is 1.25 bits per heavy atom. The fourth-order valence-corrected chi connectivity index (χ4v) is 2.16. The molecule has 1 N–H and O–H groups in total. The predicted molar refractivity (Wildman–Crippen MR) is 92.4 cm³/mol. The van der Waals surface area contributed by atoms with Crippen LogP contribution in [0.3, 0.4) is 0 Å². The molecule has 24 heavy (non-hydrogen) atoms. The van der Waals surface area contributed by atoms with Gasteiger partial charge in [0, 0.05) is 11.8 Å². The Morgan fingerprint density at radius 2 is 1.96 bits per heavy atom. The Hall–Kier alpha value is -2.89. The summed E-state index contributed by atoms with van der Waals surface area (Å²) in [6.07, 6.45) is 1.06. The molecule has 2 aromatic carbocycles. The molecule has 126 valence electrons. The zero-order valence-corrected chi connectivity index (χ0v) is 13.7. The van der Waals surface area contributed by atoms with Crippen molar-refractivity contribution in [2.45, 2.75) is 26.2 Å². The largest absolute Gasteiger partial charge is 0.484 e. The van der Waals surface area contributed by atoms with Gasteiger partial charge in [-0.3, -0.25) is 14.9 Å². The fraction of sp³-hybridized carbons (Fsp3) is 0.278. The van der Waals surface area contributed by atoms with Gasteiger partial charge in [0.05, 0.1) is 11.0 Å². The molecule has 0 aliphatic rings. The fourth-order valence-electron chi connectivity index (χ4n) is 2.16. The number of hydrogen-bond donors (Lipinski definition) is 1. The van der Waals surface area contributed by atoms with E-state index in [-0.39, 0.29) is 24.0 Å². The van der Waals surface area contributed by atoms with Crippen molar-refractivity contribution in [1.82, 2.24) is 0 Å². The molecule has 0 spiro atoms. The lowest BCUT2D eigenvalue weighted by molar-refractivity contribution is -0.384. The molecule has 6 heteroatoms. The quantitative estimate of drug-likeness (QED) is 0.612. The molecule has 2 aromatic rings. The highest BCUT2D eigenvalue weighted by molar-refractivity contribution is 5.91. The number of amides is 1. The van der Waals surface area contributed by atoms with E-state index in [0.29, 0.717) is 11.6 Å². The first-order chi connectivity index (χ1) is 11.5. The van der Waals surface area contributed by atoms with Gasteiger partial charge >= 0.3 is 0 Å². The number of ether oxygens (including phenoxy) is 1. The number of anilines is 1. The van der Waals surface area contributed by atoms with Crippen LogP contribution >= 0.6 is 0 Å². The SMILES string of the molecule is CCC(C)c1ccc(NC(=O)COc2cccc([N+](=O)[O-])c2)cc1. The van der Waals surface area contributed by atoms with Crippen molar-refractivity contribution < 1.29 is 14.5 Å². The van der Waals surface area contributed by atoms with Gasteiger partial charge in [-0.05, 0) is 36.1 Å². The number of nitrogens with one attached hydrogen (secondary N) is 1. The lowest BCUT2D eigenvalue weighted by atomic mass is 9.99. The summed E-state index contributed by atoms with van der Waals surface area (Å²) >= 11 is 0. The van der Waals surface area contributed by atoms with Crippen LogP contribution in [0, 0.1) is 10.1 Å². The van der Waals surface area contributed by atoms with E-state index in [9.17, 15) is 14.9 Å². The maximum atomic E-state index is 11.9. The van der Waals surface area contributed by atoms with E-state index in [1.807, 2.05) is 24.3 Å². The maximum absolute atomic E-state index is 11.9. The number of carbonyl (C=O) groups is 1. The highest BCUT2D eigenvalue weighted by Crippen LogP contribution is 2.21. The van der Waals surface area contributed by atoms with Gasteiger partial charge in [0.25, 0.3) is 11.6 Å². The third-order valence-corrected chi connectivity index (χ3v) is 3.77. The second-order valence-corrected chi connectivity index (χ2v) is 5.52. The first-order valence-corrected chi connectivity index (χ1v) is 7.76. The van der Waals surface area contributed by atoms with Crippen LogP contribution in [0.25, 0.3) is 0 Å². The zero-order chi connectivity index (χ0) is 17.5. The minimum Gasteiger partial charge on any atom is -0.484 e. The minimum absolute atomic E-state index is 0.0754. The second-order valence-electron chi connectivity index (χ2n) is 5.52. The molecular formula is C18H20N2O4. The van der Waals surface area contributed by atoms with Gasteiger partial charge in [-0.1, -0.05) is 32.0 Å². The minimum atomic E-state index is -0.508. The number of benzene rings is 2. The van der Waals surface area contributed by atoms with Gasteiger partial charge in [0.2, 0.25) is 0 Å². The molecule has 0 bridgehead atoms. The summed E-state index contributed by atoms with van der Waals surface area (Å²) in [5.74, 6) is 0.441. The van der Waals surface area contributed by atoms with E-state index in [4.69, 9.17) is 4.74 Å². The van der Waals surface area contributed by atoms with Crippen molar-refractivity contribution in [3.05, 3.63) is 64.2 Å². The number of hydrogen-bond acceptors (Lipinski definition) is 4. The first kappa shape index (κ1) is 17.5. The molecule has 0 saturated carbocycles. The van der Waals surface area contributed by atoms with Gasteiger partial charge in [-0.25, -0.2) is 0 Å². The summed E-state index contributed by atoms with van der Waals surface area (Å²) in [6.45, 7) is 4.07. The predicted octanol–water partition coefficient (Wildman–Crippen LogP) is 4.13. The van der Waals surface area contributed by atoms with Crippen molar-refractivity contribution >= 4 is 17.3 Å². The van der Waals surface area contributed by atoms with Crippen molar-refractivity contribution in [1.29, 1.82) is 0 Å². The van der Waals surface area contributed by atoms with Crippen LogP contribution in [0.1, 0.15) is 31.7 Å². The smallest absolute Gasteiger partial charge is 0.273 e. The molecule has 0 radical (unpaired) electrons. The Morgan fingerprint density at radius 3 is 2.58 bits per heavy atom. The summed E-state index contributed by atoms with van der Waals surface area (Å²) in [5.41, 5.74) is 1.84. The summed E-state index contributed by atoms with van der Waals surface area (Å²) in [4.78, 5) is 22.1. The van der Waals surface area contributed by atoms with Crippen molar-refractivity contribution in [3.8, 4) is 5.75 Å². The molecular weight excluding hydrogens is 308 g/mol. The monoisotopic (exact) mass is 328 g/mol. The summed E-state index contributed by atoms with van der Waals surface area (Å²) in [7, 11) is 0. The molecule has 0 aromatic heterocycles. The summed E-state index contributed by atoms with van der Waals surface area (Å²) in [5, 5.41) is 13.4. The summed E-state index contributed by atoms with van der Waals surface area (Å²) < 4.78 is 5.29. The van der Waals surface area contributed by atoms with E-state index >= 15 is 0 Å². The number of non-ortho nitro benzene ring substituents is 1. The van der Waals surface area contributed by atoms with Crippen molar-refractivity contribution in [3.63, 3.8) is 0 Å². The van der Waals surface area contributed by atoms with Gasteiger partial charge in [0.15, 0.2) is 6.61 Å². The number of carbonyl (C=O) groups excluding carboxylic acids is 1. The van der Waals surface area contributed by atoms with Gasteiger partial charge in [0.1, 0.15) is 5.75 Å². The van der Waals surface area contributed by atoms with Crippen molar-refractivity contribution in [2.75, 3.05) is 11.9 Å². The molecule has 6 nitrogen and oxygen atoms in total. The lowest BCUT2D eigenvalue weighted by Crippen LogP contribution is -2.20. The normalized spacial score (nSPS) is 11.6. The number of nitro groups is 1. The number of rotatable bonds is 7. The molecule has 0 heterocycles. The molecule has 0 fully saturated rings. The van der Waals surface area contributed by atoms with Crippen LogP contribution < -0.4 is 10.1 Å². The van der Waals surface area contributed by atoms with E-state index in [2.05, 4.69) is 19.2 Å². The maximum Gasteiger partial charge on any atom is 0.273 e. The van der Waals surface area contributed by atoms with E-state index in [1.54, 1.807) is 6.07 Å². The van der Waals surface area contributed by atoms with Crippen LogP contribution in [0.2, 0.25) is 0 Å². The Balaban J connectivity index is 1.89. The van der Waals surface area contributed by atoms with Gasteiger partial charge in [-0.2, -0.15) is 0 Å². The highest BCUT2D eigenvalue weighted by atomic mass is 16.6. The van der Waals surface area contributed by atoms with E-state index in [1.165, 1.54) is 23.8 Å². The number of nitrogens with zero attached hydrogens (tertiary/aromatic N) is 1. The second kappa shape index (κ2) is 8.10. The van der Waals surface area contributed by atoms with E-state index in [0.717, 1.165) is 6.42 Å². The van der Waals surface area contributed by atoms with Crippen LogP contribution in [-0.2, 0) is 4.79 Å². The van der Waals surface area contributed by atoms with E-state index < -0.39 is 4.92 Å². The molecule has 1 unspecified atom stereocenters. The summed E-state index contributed by atoms with van der Waals surface area (Å²) in [6, 6.07) is 13.4. The molecule has 1 atom stereocenters. The van der Waals surface area contributed by atoms with Crippen molar-refractivity contribution in [2.24, 2.45) is 0 Å². The molecule has 0 aliphatic carbocycles. The topological polar surface area (TPSA) is 81.5 Å². The Labute approximate surface area is 140 Å². The highest BCUT2D eigenvalue weighted by Gasteiger charge is 2.09. The Kier molecular flexibility index (Phi) is 5.89. The zero-order valence-electron chi connectivity index (χ0n) is 13.7. The average Bonchev–Trinajstić information content (AvgIpc) is 2.60. The van der Waals surface area contributed by atoms with Crippen LogP contribution in [0.15, 0.2) is 48.5 Å². The standard InChI is InChI=1S/C18H20N2O4/c1-3-13(2)14-7-9-15(10-8-14)19-18(21)12-24-17-6-4-5-16(11-17)20(22)23/h4-11,13H,3,12H2,1-2H3,(H,19,21). The Bertz CT molecular complexity index is 713. The van der Waals surface area contributed by atoms with Crippen LogP contribution in [-0.4, -0.2) is 17.4 Å². The third kappa shape index (κ3) is 4.81. The van der Waals surface area contributed by atoms with Gasteiger partial charge < -0.3 is 10.1 Å².